The number of pyridine rings is 1. The van der Waals surface area contributed by atoms with Gasteiger partial charge >= 0.3 is 0 Å². The number of nitrogens with zero attached hydrogens (tertiary/aromatic N) is 4. The van der Waals surface area contributed by atoms with Crippen LogP contribution in [-0.2, 0) is 13.6 Å². The smallest absolute Gasteiger partial charge is 0.255 e. The topological polar surface area (TPSA) is 60.2 Å². The van der Waals surface area contributed by atoms with Crippen LogP contribution in [0.15, 0.2) is 43.0 Å². The minimum Gasteiger partial charge on any atom is -0.497 e. The number of benzene rings is 1. The molecule has 140 valence electrons. The van der Waals surface area contributed by atoms with Crippen LogP contribution in [0.5, 0.6) is 5.75 Å². The van der Waals surface area contributed by atoms with Crippen molar-refractivity contribution in [3.05, 3.63) is 65.5 Å². The second-order valence-corrected chi connectivity index (χ2v) is 6.54. The molecule has 2 heterocycles. The molecule has 6 heteroatoms. The number of amides is 1. The summed E-state index contributed by atoms with van der Waals surface area (Å²) in [5, 5.41) is 5.23. The first kappa shape index (κ1) is 18.6. The van der Waals surface area contributed by atoms with Crippen LogP contribution in [0.2, 0.25) is 0 Å². The summed E-state index contributed by atoms with van der Waals surface area (Å²) >= 11 is 0. The highest BCUT2D eigenvalue weighted by molar-refractivity contribution is 6.06. The van der Waals surface area contributed by atoms with E-state index in [9.17, 15) is 4.79 Å². The van der Waals surface area contributed by atoms with Gasteiger partial charge in [-0.15, -0.1) is 6.58 Å². The molecule has 2 aromatic heterocycles. The molecule has 27 heavy (non-hydrogen) atoms. The third-order valence-corrected chi connectivity index (χ3v) is 4.50. The zero-order chi connectivity index (χ0) is 19.6. The Morgan fingerprint density at radius 2 is 2.00 bits per heavy atom. The maximum absolute atomic E-state index is 13.4. The first-order valence-electron chi connectivity index (χ1n) is 8.78. The molecule has 3 aromatic rings. The van der Waals surface area contributed by atoms with Gasteiger partial charge in [0, 0.05) is 25.8 Å². The van der Waals surface area contributed by atoms with E-state index < -0.39 is 0 Å². The van der Waals surface area contributed by atoms with E-state index in [1.807, 2.05) is 51.2 Å². The van der Waals surface area contributed by atoms with E-state index in [0.717, 1.165) is 33.7 Å². The number of hydrogen-bond acceptors (Lipinski definition) is 4. The van der Waals surface area contributed by atoms with E-state index in [1.165, 1.54) is 0 Å². The van der Waals surface area contributed by atoms with E-state index in [0.29, 0.717) is 18.7 Å². The maximum atomic E-state index is 13.4. The van der Waals surface area contributed by atoms with Crippen LogP contribution >= 0.6 is 0 Å². The highest BCUT2D eigenvalue weighted by Gasteiger charge is 2.22. The average Bonchev–Trinajstić information content (AvgIpc) is 2.94. The van der Waals surface area contributed by atoms with Gasteiger partial charge in [0.15, 0.2) is 5.65 Å². The van der Waals surface area contributed by atoms with Gasteiger partial charge in [0.1, 0.15) is 5.75 Å². The summed E-state index contributed by atoms with van der Waals surface area (Å²) in [7, 11) is 3.48. The van der Waals surface area contributed by atoms with E-state index in [-0.39, 0.29) is 5.91 Å². The Morgan fingerprint density at radius 1 is 1.30 bits per heavy atom. The second-order valence-electron chi connectivity index (χ2n) is 6.54. The van der Waals surface area contributed by atoms with Gasteiger partial charge in [0.05, 0.1) is 23.8 Å². The van der Waals surface area contributed by atoms with Gasteiger partial charge in [-0.25, -0.2) is 4.98 Å². The largest absolute Gasteiger partial charge is 0.497 e. The van der Waals surface area contributed by atoms with E-state index in [1.54, 1.807) is 22.8 Å². The lowest BCUT2D eigenvalue weighted by Crippen LogP contribution is -2.31. The molecule has 0 fully saturated rings. The van der Waals surface area contributed by atoms with Crippen LogP contribution in [0.25, 0.3) is 11.0 Å². The quantitative estimate of drug-likeness (QED) is 0.629. The fraction of sp³-hybridized carbons (Fsp3) is 0.286. The fourth-order valence-electron chi connectivity index (χ4n) is 3.24. The van der Waals surface area contributed by atoms with Crippen LogP contribution in [0.3, 0.4) is 0 Å². The number of fused-ring (bicyclic) bond motifs is 1. The van der Waals surface area contributed by atoms with Crippen molar-refractivity contribution < 1.29 is 9.53 Å². The highest BCUT2D eigenvalue weighted by atomic mass is 16.5. The second kappa shape index (κ2) is 7.61. The van der Waals surface area contributed by atoms with Crippen LogP contribution in [-0.4, -0.2) is 39.2 Å². The maximum Gasteiger partial charge on any atom is 0.255 e. The van der Waals surface area contributed by atoms with Crippen molar-refractivity contribution in [2.24, 2.45) is 7.05 Å². The molecule has 0 aliphatic heterocycles. The average molecular weight is 364 g/mol. The van der Waals surface area contributed by atoms with E-state index in [2.05, 4.69) is 16.7 Å². The lowest BCUT2D eigenvalue weighted by Gasteiger charge is -2.22. The molecule has 0 N–H and O–H groups in total. The molecule has 0 unspecified atom stereocenters. The third kappa shape index (κ3) is 3.69. The van der Waals surface area contributed by atoms with Crippen molar-refractivity contribution in [3.63, 3.8) is 0 Å². The number of methoxy groups -OCH3 is 1. The molecule has 1 amide bonds. The first-order chi connectivity index (χ1) is 12.9. The Balaban J connectivity index is 1.99. The minimum absolute atomic E-state index is 0.0580. The molecular formula is C21H24N4O2. The van der Waals surface area contributed by atoms with Crippen LogP contribution in [0, 0.1) is 13.8 Å². The predicted octanol–water partition coefficient (Wildman–Crippen LogP) is 3.42. The molecule has 0 radical (unpaired) electrons. The van der Waals surface area contributed by atoms with E-state index in [4.69, 9.17) is 4.74 Å². The summed E-state index contributed by atoms with van der Waals surface area (Å²) in [6.07, 6.45) is 1.74. The van der Waals surface area contributed by atoms with Crippen molar-refractivity contribution >= 4 is 16.9 Å². The molecule has 0 saturated heterocycles. The third-order valence-electron chi connectivity index (χ3n) is 4.50. The normalized spacial score (nSPS) is 10.8. The van der Waals surface area contributed by atoms with Gasteiger partial charge in [-0.05, 0) is 37.6 Å². The molecule has 0 bridgehead atoms. The van der Waals surface area contributed by atoms with Gasteiger partial charge in [-0.1, -0.05) is 18.2 Å². The predicted molar refractivity (Wildman–Crippen MR) is 106 cm³/mol. The van der Waals surface area contributed by atoms with Crippen molar-refractivity contribution in [3.8, 4) is 5.75 Å². The molecule has 0 spiro atoms. The number of aromatic nitrogens is 3. The zero-order valence-electron chi connectivity index (χ0n) is 16.2. The molecule has 6 nitrogen and oxygen atoms in total. The number of ether oxygens (including phenoxy) is 1. The number of hydrogen-bond donors (Lipinski definition) is 0. The van der Waals surface area contributed by atoms with Crippen LogP contribution in [0.1, 0.15) is 27.3 Å². The first-order valence-corrected chi connectivity index (χ1v) is 8.78. The highest BCUT2D eigenvalue weighted by Crippen LogP contribution is 2.24. The molecule has 1 aromatic carbocycles. The molecular weight excluding hydrogens is 340 g/mol. The Labute approximate surface area is 159 Å². The van der Waals surface area contributed by atoms with Crippen molar-refractivity contribution in [2.75, 3.05) is 13.7 Å². The Bertz CT molecular complexity index is 990. The van der Waals surface area contributed by atoms with E-state index >= 15 is 0 Å². The Morgan fingerprint density at radius 3 is 2.63 bits per heavy atom. The number of carbonyl (C=O) groups excluding carboxylic acids is 1. The summed E-state index contributed by atoms with van der Waals surface area (Å²) in [6.45, 7) is 8.53. The summed E-state index contributed by atoms with van der Waals surface area (Å²) in [6, 6.07) is 9.55. The van der Waals surface area contributed by atoms with Crippen LogP contribution in [0.4, 0.5) is 0 Å². The molecule has 0 aliphatic rings. The number of rotatable bonds is 6. The van der Waals surface area contributed by atoms with Gasteiger partial charge in [-0.3, -0.25) is 9.48 Å². The lowest BCUT2D eigenvalue weighted by atomic mass is 10.1. The van der Waals surface area contributed by atoms with Gasteiger partial charge in [0.2, 0.25) is 0 Å². The molecule has 3 rings (SSSR count). The monoisotopic (exact) mass is 364 g/mol. The van der Waals surface area contributed by atoms with Gasteiger partial charge in [-0.2, -0.15) is 5.10 Å². The zero-order valence-corrected chi connectivity index (χ0v) is 16.2. The van der Waals surface area contributed by atoms with Gasteiger partial charge in [0.25, 0.3) is 5.91 Å². The van der Waals surface area contributed by atoms with Crippen molar-refractivity contribution in [1.29, 1.82) is 0 Å². The standard InChI is InChI=1S/C21H24N4O2/c1-6-11-25(13-16-7-9-17(27-5)10-8-16)21(26)18-12-14(2)22-20-19(18)15(3)23-24(20)4/h6-10,12H,1,11,13H2,2-5H3. The van der Waals surface area contributed by atoms with Crippen molar-refractivity contribution in [1.82, 2.24) is 19.7 Å². The summed E-state index contributed by atoms with van der Waals surface area (Å²) in [4.78, 5) is 19.7. The molecule has 0 saturated carbocycles. The number of carbonyl (C=O) groups is 1. The Kier molecular flexibility index (Phi) is 5.26. The van der Waals surface area contributed by atoms with Crippen LogP contribution < -0.4 is 4.74 Å². The molecule has 0 aliphatic carbocycles. The Hall–Kier alpha value is -3.15. The summed E-state index contributed by atoms with van der Waals surface area (Å²) < 4.78 is 6.92. The lowest BCUT2D eigenvalue weighted by molar-refractivity contribution is 0.0764. The summed E-state index contributed by atoms with van der Waals surface area (Å²) in [5.41, 5.74) is 3.96. The number of aryl methyl sites for hydroxylation is 3. The SMILES string of the molecule is C=CCN(Cc1ccc(OC)cc1)C(=O)c1cc(C)nc2c1c(C)nn2C. The summed E-state index contributed by atoms with van der Waals surface area (Å²) in [5.74, 6) is 0.732. The fourth-order valence-corrected chi connectivity index (χ4v) is 3.24. The molecule has 0 atom stereocenters. The minimum atomic E-state index is -0.0580. The van der Waals surface area contributed by atoms with Crippen molar-refractivity contribution in [2.45, 2.75) is 20.4 Å². The van der Waals surface area contributed by atoms with Gasteiger partial charge < -0.3 is 9.64 Å².